The number of ether oxygens (including phenoxy) is 1. The van der Waals surface area contributed by atoms with Crippen LogP contribution in [0.1, 0.15) is 12.0 Å². The summed E-state index contributed by atoms with van der Waals surface area (Å²) in [7, 11) is 1.28. The molecule has 2 aromatic carbocycles. The molecule has 8 nitrogen and oxygen atoms in total. The zero-order chi connectivity index (χ0) is 18.9. The Morgan fingerprint density at radius 3 is 2.54 bits per heavy atom. The molecule has 2 aromatic rings. The molecular formula is C18H19N3O5. The van der Waals surface area contributed by atoms with Crippen LogP contribution in [0, 0.1) is 10.1 Å². The Labute approximate surface area is 150 Å². The zero-order valence-electron chi connectivity index (χ0n) is 14.2. The van der Waals surface area contributed by atoms with Gasteiger partial charge in [-0.25, -0.2) is 4.79 Å². The van der Waals surface area contributed by atoms with E-state index in [1.165, 1.54) is 25.3 Å². The van der Waals surface area contributed by atoms with E-state index in [-0.39, 0.29) is 17.8 Å². The average molecular weight is 357 g/mol. The maximum atomic E-state index is 12.2. The number of nitro groups is 1. The van der Waals surface area contributed by atoms with Crippen LogP contribution in [0.4, 0.5) is 16.2 Å². The van der Waals surface area contributed by atoms with Crippen molar-refractivity contribution in [2.75, 3.05) is 12.4 Å². The molecule has 2 amide bonds. The van der Waals surface area contributed by atoms with Crippen molar-refractivity contribution in [3.05, 3.63) is 70.3 Å². The van der Waals surface area contributed by atoms with E-state index in [1.54, 1.807) is 6.07 Å². The molecule has 2 N–H and O–H groups in total. The van der Waals surface area contributed by atoms with Gasteiger partial charge in [0, 0.05) is 23.9 Å². The van der Waals surface area contributed by atoms with Crippen molar-refractivity contribution < 1.29 is 19.2 Å². The first kappa shape index (κ1) is 18.9. The number of urea groups is 1. The van der Waals surface area contributed by atoms with Crippen LogP contribution in [-0.4, -0.2) is 30.1 Å². The summed E-state index contributed by atoms with van der Waals surface area (Å²) in [5.74, 6) is -0.443. The molecule has 26 heavy (non-hydrogen) atoms. The van der Waals surface area contributed by atoms with E-state index in [9.17, 15) is 19.7 Å². The third-order valence-corrected chi connectivity index (χ3v) is 3.62. The van der Waals surface area contributed by atoms with Gasteiger partial charge in [0.1, 0.15) is 0 Å². The van der Waals surface area contributed by atoms with E-state index >= 15 is 0 Å². The summed E-state index contributed by atoms with van der Waals surface area (Å²) in [6.45, 7) is 0. The number of esters is 1. The van der Waals surface area contributed by atoms with E-state index in [4.69, 9.17) is 0 Å². The second kappa shape index (κ2) is 9.16. The topological polar surface area (TPSA) is 111 Å². The molecule has 0 radical (unpaired) electrons. The number of amides is 2. The predicted octanol–water partition coefficient (Wildman–Crippen LogP) is 2.89. The quantitative estimate of drug-likeness (QED) is 0.450. The molecule has 0 heterocycles. The van der Waals surface area contributed by atoms with Crippen molar-refractivity contribution in [3.8, 4) is 0 Å². The number of carbonyl (C=O) groups is 2. The van der Waals surface area contributed by atoms with Crippen LogP contribution in [0.3, 0.4) is 0 Å². The average Bonchev–Trinajstić information content (AvgIpc) is 2.62. The lowest BCUT2D eigenvalue weighted by Crippen LogP contribution is -2.40. The van der Waals surface area contributed by atoms with Gasteiger partial charge < -0.3 is 15.4 Å². The summed E-state index contributed by atoms with van der Waals surface area (Å²) in [4.78, 5) is 34.1. The highest BCUT2D eigenvalue weighted by molar-refractivity contribution is 5.90. The van der Waals surface area contributed by atoms with Crippen LogP contribution >= 0.6 is 0 Å². The van der Waals surface area contributed by atoms with Crippen molar-refractivity contribution in [1.82, 2.24) is 5.32 Å². The fourth-order valence-electron chi connectivity index (χ4n) is 2.41. The van der Waals surface area contributed by atoms with Crippen LogP contribution < -0.4 is 10.6 Å². The molecule has 1 atom stereocenters. The molecule has 0 aromatic heterocycles. The number of anilines is 1. The Morgan fingerprint density at radius 2 is 1.88 bits per heavy atom. The van der Waals surface area contributed by atoms with Gasteiger partial charge in [0.25, 0.3) is 5.69 Å². The minimum Gasteiger partial charge on any atom is -0.469 e. The highest BCUT2D eigenvalue weighted by Crippen LogP contribution is 2.17. The van der Waals surface area contributed by atoms with Gasteiger partial charge in [0.15, 0.2) is 0 Å². The Morgan fingerprint density at radius 1 is 1.15 bits per heavy atom. The molecule has 0 bridgehead atoms. The molecule has 2 rings (SSSR count). The van der Waals surface area contributed by atoms with Gasteiger partial charge in [-0.2, -0.15) is 0 Å². The van der Waals surface area contributed by atoms with Crippen LogP contribution in [0.15, 0.2) is 54.6 Å². The number of nitro benzene ring substituents is 1. The number of methoxy groups -OCH3 is 1. The Hall–Kier alpha value is -3.42. The Bertz CT molecular complexity index is 779. The summed E-state index contributed by atoms with van der Waals surface area (Å²) in [6.07, 6.45) is 0.450. The molecule has 0 saturated heterocycles. The molecule has 0 aliphatic heterocycles. The SMILES string of the molecule is COC(=O)C[C@@H](Cc1ccccc1)NC(=O)Nc1cccc([N+](=O)[O-])c1. The highest BCUT2D eigenvalue weighted by atomic mass is 16.6. The smallest absolute Gasteiger partial charge is 0.319 e. The number of nitrogens with zero attached hydrogens (tertiary/aromatic N) is 1. The number of hydrogen-bond acceptors (Lipinski definition) is 5. The molecule has 0 aliphatic rings. The van der Waals surface area contributed by atoms with Gasteiger partial charge in [-0.3, -0.25) is 14.9 Å². The number of rotatable bonds is 7. The molecule has 0 unspecified atom stereocenters. The molecule has 0 saturated carbocycles. The van der Waals surface area contributed by atoms with E-state index in [0.717, 1.165) is 5.56 Å². The van der Waals surface area contributed by atoms with E-state index < -0.39 is 23.0 Å². The molecule has 0 spiro atoms. The first-order valence-corrected chi connectivity index (χ1v) is 7.90. The summed E-state index contributed by atoms with van der Waals surface area (Å²) >= 11 is 0. The van der Waals surface area contributed by atoms with Gasteiger partial charge in [-0.1, -0.05) is 36.4 Å². The predicted molar refractivity (Wildman–Crippen MR) is 95.8 cm³/mol. The molecule has 0 fully saturated rings. The third-order valence-electron chi connectivity index (χ3n) is 3.62. The fourth-order valence-corrected chi connectivity index (χ4v) is 2.41. The van der Waals surface area contributed by atoms with Crippen LogP contribution in [0.5, 0.6) is 0 Å². The third kappa shape index (κ3) is 5.90. The summed E-state index contributed by atoms with van der Waals surface area (Å²) in [5.41, 5.74) is 1.11. The number of nitrogens with one attached hydrogen (secondary N) is 2. The second-order valence-electron chi connectivity index (χ2n) is 5.57. The van der Waals surface area contributed by atoms with Gasteiger partial charge in [-0.15, -0.1) is 0 Å². The van der Waals surface area contributed by atoms with E-state index in [2.05, 4.69) is 15.4 Å². The van der Waals surface area contributed by atoms with Crippen molar-refractivity contribution in [2.24, 2.45) is 0 Å². The minimum atomic E-state index is -0.560. The summed E-state index contributed by atoms with van der Waals surface area (Å²) < 4.78 is 4.67. The minimum absolute atomic E-state index is 0.00769. The summed E-state index contributed by atoms with van der Waals surface area (Å²) in [5, 5.41) is 16.0. The van der Waals surface area contributed by atoms with Crippen LogP contribution in [-0.2, 0) is 16.0 Å². The van der Waals surface area contributed by atoms with Crippen molar-refractivity contribution in [1.29, 1.82) is 0 Å². The molecule has 136 valence electrons. The number of hydrogen-bond donors (Lipinski definition) is 2. The monoisotopic (exact) mass is 357 g/mol. The first-order chi connectivity index (χ1) is 12.5. The van der Waals surface area contributed by atoms with Crippen LogP contribution in [0.2, 0.25) is 0 Å². The standard InChI is InChI=1S/C18H19N3O5/c1-26-17(22)12-15(10-13-6-3-2-4-7-13)20-18(23)19-14-8-5-9-16(11-14)21(24)25/h2-9,11,15H,10,12H2,1H3,(H2,19,20,23)/t15-/m1/s1. The second-order valence-corrected chi connectivity index (χ2v) is 5.57. The number of carbonyl (C=O) groups excluding carboxylic acids is 2. The van der Waals surface area contributed by atoms with E-state index in [1.807, 2.05) is 30.3 Å². The van der Waals surface area contributed by atoms with Crippen LogP contribution in [0.25, 0.3) is 0 Å². The highest BCUT2D eigenvalue weighted by Gasteiger charge is 2.18. The molecular weight excluding hydrogens is 338 g/mol. The summed E-state index contributed by atoms with van der Waals surface area (Å²) in [6, 6.07) is 14.0. The van der Waals surface area contributed by atoms with Gasteiger partial charge >= 0.3 is 12.0 Å². The van der Waals surface area contributed by atoms with Crippen molar-refractivity contribution >= 4 is 23.4 Å². The Balaban J connectivity index is 2.04. The van der Waals surface area contributed by atoms with Gasteiger partial charge in [0.05, 0.1) is 18.5 Å². The number of benzene rings is 2. The lowest BCUT2D eigenvalue weighted by atomic mass is 10.0. The molecule has 8 heteroatoms. The largest absolute Gasteiger partial charge is 0.469 e. The van der Waals surface area contributed by atoms with Crippen molar-refractivity contribution in [3.63, 3.8) is 0 Å². The first-order valence-electron chi connectivity index (χ1n) is 7.90. The lowest BCUT2D eigenvalue weighted by molar-refractivity contribution is -0.384. The van der Waals surface area contributed by atoms with Crippen molar-refractivity contribution in [2.45, 2.75) is 18.9 Å². The maximum Gasteiger partial charge on any atom is 0.319 e. The fraction of sp³-hybridized carbons (Fsp3) is 0.222. The zero-order valence-corrected chi connectivity index (χ0v) is 14.2. The van der Waals surface area contributed by atoms with Gasteiger partial charge in [0.2, 0.25) is 0 Å². The number of non-ortho nitro benzene ring substituents is 1. The lowest BCUT2D eigenvalue weighted by Gasteiger charge is -2.18. The Kier molecular flexibility index (Phi) is 6.67. The maximum absolute atomic E-state index is 12.2. The van der Waals surface area contributed by atoms with Gasteiger partial charge in [-0.05, 0) is 18.1 Å². The van der Waals surface area contributed by atoms with E-state index in [0.29, 0.717) is 6.42 Å². The normalized spacial score (nSPS) is 11.3. The molecule has 0 aliphatic carbocycles.